The van der Waals surface area contributed by atoms with Crippen LogP contribution < -0.4 is 14.8 Å². The zero-order valence-corrected chi connectivity index (χ0v) is 13.5. The van der Waals surface area contributed by atoms with E-state index in [-0.39, 0.29) is 0 Å². The molecule has 1 N–H and O–H groups in total. The molecule has 0 amide bonds. The van der Waals surface area contributed by atoms with Crippen LogP contribution in [0.15, 0.2) is 40.9 Å². The molecule has 2 aromatic rings. The van der Waals surface area contributed by atoms with Crippen LogP contribution in [0.3, 0.4) is 0 Å². The molecule has 0 aliphatic carbocycles. The van der Waals surface area contributed by atoms with Gasteiger partial charge in [0.1, 0.15) is 11.5 Å². The van der Waals surface area contributed by atoms with Crippen LogP contribution in [0.2, 0.25) is 0 Å². The van der Waals surface area contributed by atoms with Crippen LogP contribution in [0.1, 0.15) is 11.1 Å². The molecule has 0 aliphatic heterocycles. The van der Waals surface area contributed by atoms with Crippen molar-refractivity contribution in [1.29, 1.82) is 0 Å². The lowest BCUT2D eigenvalue weighted by Gasteiger charge is -2.13. The maximum atomic E-state index is 5.38. The fraction of sp³-hybridized carbons (Fsp3) is 0.250. The van der Waals surface area contributed by atoms with Crippen molar-refractivity contribution in [1.82, 2.24) is 0 Å². The molecule has 2 aromatic carbocycles. The number of hydrogen-bond donors (Lipinski definition) is 1. The Labute approximate surface area is 128 Å². The Morgan fingerprint density at radius 3 is 2.50 bits per heavy atom. The van der Waals surface area contributed by atoms with E-state index in [0.717, 1.165) is 27.2 Å². The monoisotopic (exact) mass is 335 g/mol. The van der Waals surface area contributed by atoms with Crippen molar-refractivity contribution in [2.24, 2.45) is 0 Å². The van der Waals surface area contributed by atoms with Crippen LogP contribution in [0.4, 0.5) is 5.69 Å². The molecule has 2 rings (SSSR count). The molecule has 0 saturated heterocycles. The van der Waals surface area contributed by atoms with E-state index >= 15 is 0 Å². The van der Waals surface area contributed by atoms with Crippen molar-refractivity contribution < 1.29 is 9.47 Å². The first-order chi connectivity index (χ1) is 9.63. The second-order valence-corrected chi connectivity index (χ2v) is 5.41. The number of nitrogens with one attached hydrogen (secondary N) is 1. The van der Waals surface area contributed by atoms with Gasteiger partial charge in [0.05, 0.1) is 14.2 Å². The van der Waals surface area contributed by atoms with Crippen LogP contribution in [0.5, 0.6) is 11.5 Å². The Balaban J connectivity index is 2.17. The summed E-state index contributed by atoms with van der Waals surface area (Å²) in [5.41, 5.74) is 3.37. The molecule has 0 spiro atoms. The number of aryl methyl sites for hydroxylation is 1. The molecule has 0 heterocycles. The van der Waals surface area contributed by atoms with Crippen molar-refractivity contribution in [2.75, 3.05) is 19.5 Å². The van der Waals surface area contributed by atoms with E-state index < -0.39 is 0 Å². The fourth-order valence-electron chi connectivity index (χ4n) is 2.04. The van der Waals surface area contributed by atoms with Gasteiger partial charge in [-0.2, -0.15) is 0 Å². The summed E-state index contributed by atoms with van der Waals surface area (Å²) < 4.78 is 11.7. The number of halogens is 1. The van der Waals surface area contributed by atoms with Crippen molar-refractivity contribution in [3.8, 4) is 11.5 Å². The fourth-order valence-corrected chi connectivity index (χ4v) is 2.51. The second kappa shape index (κ2) is 6.66. The Morgan fingerprint density at radius 2 is 1.85 bits per heavy atom. The average Bonchev–Trinajstić information content (AvgIpc) is 2.46. The van der Waals surface area contributed by atoms with E-state index in [1.165, 1.54) is 5.56 Å². The Bertz CT molecular complexity index is 599. The quantitative estimate of drug-likeness (QED) is 0.879. The van der Waals surface area contributed by atoms with Gasteiger partial charge in [-0.3, -0.25) is 0 Å². The SMILES string of the molecule is COc1ccc(OC)c(CNc2ccc(Br)cc2C)c1. The number of anilines is 1. The Hall–Kier alpha value is -1.68. The first kappa shape index (κ1) is 14.7. The first-order valence-corrected chi connectivity index (χ1v) is 7.14. The van der Waals surface area contributed by atoms with E-state index in [1.807, 2.05) is 24.3 Å². The molecule has 0 atom stereocenters. The second-order valence-electron chi connectivity index (χ2n) is 4.49. The summed E-state index contributed by atoms with van der Waals surface area (Å²) in [5, 5.41) is 3.43. The minimum atomic E-state index is 0.683. The first-order valence-electron chi connectivity index (χ1n) is 6.35. The summed E-state index contributed by atoms with van der Waals surface area (Å²) >= 11 is 3.47. The zero-order chi connectivity index (χ0) is 14.5. The van der Waals surface area contributed by atoms with E-state index in [9.17, 15) is 0 Å². The third-order valence-electron chi connectivity index (χ3n) is 3.15. The van der Waals surface area contributed by atoms with E-state index in [4.69, 9.17) is 9.47 Å². The van der Waals surface area contributed by atoms with Gasteiger partial charge >= 0.3 is 0 Å². The molecule has 20 heavy (non-hydrogen) atoms. The summed E-state index contributed by atoms with van der Waals surface area (Å²) in [6.07, 6.45) is 0. The molecule has 0 fully saturated rings. The molecular formula is C16H18BrNO2. The van der Waals surface area contributed by atoms with Crippen LogP contribution in [0.25, 0.3) is 0 Å². The third-order valence-corrected chi connectivity index (χ3v) is 3.64. The van der Waals surface area contributed by atoms with E-state index in [2.05, 4.69) is 40.3 Å². The van der Waals surface area contributed by atoms with Gasteiger partial charge in [-0.15, -0.1) is 0 Å². The molecule has 3 nitrogen and oxygen atoms in total. The van der Waals surface area contributed by atoms with Crippen LogP contribution >= 0.6 is 15.9 Å². The highest BCUT2D eigenvalue weighted by molar-refractivity contribution is 9.10. The minimum absolute atomic E-state index is 0.683. The minimum Gasteiger partial charge on any atom is -0.497 e. The normalized spacial score (nSPS) is 10.2. The van der Waals surface area contributed by atoms with Gasteiger partial charge in [0.15, 0.2) is 0 Å². The number of ether oxygens (including phenoxy) is 2. The molecule has 0 radical (unpaired) electrons. The Morgan fingerprint density at radius 1 is 1.05 bits per heavy atom. The topological polar surface area (TPSA) is 30.5 Å². The summed E-state index contributed by atoms with van der Waals surface area (Å²) in [4.78, 5) is 0. The lowest BCUT2D eigenvalue weighted by molar-refractivity contribution is 0.399. The van der Waals surface area contributed by atoms with Gasteiger partial charge in [-0.05, 0) is 48.9 Å². The smallest absolute Gasteiger partial charge is 0.124 e. The number of methoxy groups -OCH3 is 2. The van der Waals surface area contributed by atoms with Crippen LogP contribution in [-0.4, -0.2) is 14.2 Å². The van der Waals surface area contributed by atoms with Crippen molar-refractivity contribution in [3.63, 3.8) is 0 Å². The molecule has 4 heteroatoms. The summed E-state index contributed by atoms with van der Waals surface area (Å²) in [6, 6.07) is 12.0. The number of hydrogen-bond acceptors (Lipinski definition) is 3. The van der Waals surface area contributed by atoms with Gasteiger partial charge < -0.3 is 14.8 Å². The van der Waals surface area contributed by atoms with E-state index in [1.54, 1.807) is 14.2 Å². The van der Waals surface area contributed by atoms with Gasteiger partial charge in [-0.1, -0.05) is 15.9 Å². The van der Waals surface area contributed by atoms with Crippen molar-refractivity contribution in [2.45, 2.75) is 13.5 Å². The molecule has 0 unspecified atom stereocenters. The van der Waals surface area contributed by atoms with Gasteiger partial charge in [0.2, 0.25) is 0 Å². The number of benzene rings is 2. The molecule has 106 valence electrons. The number of rotatable bonds is 5. The summed E-state index contributed by atoms with van der Waals surface area (Å²) in [6.45, 7) is 2.76. The van der Waals surface area contributed by atoms with E-state index in [0.29, 0.717) is 6.54 Å². The molecule has 0 aromatic heterocycles. The highest BCUT2D eigenvalue weighted by Crippen LogP contribution is 2.26. The highest BCUT2D eigenvalue weighted by Gasteiger charge is 2.06. The van der Waals surface area contributed by atoms with Crippen molar-refractivity contribution >= 4 is 21.6 Å². The molecule has 0 bridgehead atoms. The maximum Gasteiger partial charge on any atom is 0.124 e. The van der Waals surface area contributed by atoms with Gasteiger partial charge in [0.25, 0.3) is 0 Å². The molecular weight excluding hydrogens is 318 g/mol. The summed E-state index contributed by atoms with van der Waals surface area (Å²) in [5.74, 6) is 1.68. The van der Waals surface area contributed by atoms with Crippen molar-refractivity contribution in [3.05, 3.63) is 52.0 Å². The highest BCUT2D eigenvalue weighted by atomic mass is 79.9. The lowest BCUT2D eigenvalue weighted by Crippen LogP contribution is -2.03. The summed E-state index contributed by atoms with van der Waals surface area (Å²) in [7, 11) is 3.34. The predicted molar refractivity (Wildman–Crippen MR) is 85.8 cm³/mol. The molecule has 0 saturated carbocycles. The Kier molecular flexibility index (Phi) is 4.90. The third kappa shape index (κ3) is 3.45. The molecule has 0 aliphatic rings. The van der Waals surface area contributed by atoms with Crippen LogP contribution in [-0.2, 0) is 6.54 Å². The van der Waals surface area contributed by atoms with Crippen LogP contribution in [0, 0.1) is 6.92 Å². The standard InChI is InChI=1S/C16H18BrNO2/c1-11-8-13(17)4-6-15(11)18-10-12-9-14(19-2)5-7-16(12)20-3/h4-9,18H,10H2,1-3H3. The predicted octanol–water partition coefficient (Wildman–Crippen LogP) is 4.39. The largest absolute Gasteiger partial charge is 0.497 e. The average molecular weight is 336 g/mol. The maximum absolute atomic E-state index is 5.38. The van der Waals surface area contributed by atoms with Gasteiger partial charge in [-0.25, -0.2) is 0 Å². The van der Waals surface area contributed by atoms with Gasteiger partial charge in [0, 0.05) is 22.3 Å². The zero-order valence-electron chi connectivity index (χ0n) is 11.9. The lowest BCUT2D eigenvalue weighted by atomic mass is 10.1.